The van der Waals surface area contributed by atoms with E-state index in [1.807, 2.05) is 47.6 Å². The lowest BCUT2D eigenvalue weighted by Crippen LogP contribution is -2.73. The van der Waals surface area contributed by atoms with E-state index in [1.165, 1.54) is 136 Å². The van der Waals surface area contributed by atoms with Gasteiger partial charge in [-0.1, -0.05) is 288 Å². The zero-order valence-corrected chi connectivity index (χ0v) is 78.7. The van der Waals surface area contributed by atoms with Crippen molar-refractivity contribution in [2.45, 2.75) is 240 Å². The average molecular weight is 1890 g/mol. The van der Waals surface area contributed by atoms with Crippen LogP contribution >= 0.6 is 0 Å². The van der Waals surface area contributed by atoms with Gasteiger partial charge in [0, 0.05) is 15.0 Å². The second-order valence-electron chi connectivity index (χ2n) is 35.8. The van der Waals surface area contributed by atoms with Gasteiger partial charge in [-0.15, -0.1) is 0 Å². The first kappa shape index (κ1) is 102. The van der Waals surface area contributed by atoms with E-state index in [9.17, 15) is 19.9 Å². The number of carbonyl (C=O) groups excluding carboxylic acids is 9. The molecule has 13 rings (SSSR count). The predicted molar refractivity (Wildman–Crippen MR) is 504 cm³/mol. The third-order valence-electron chi connectivity index (χ3n) is 23.9. The molecule has 0 spiro atoms. The molecule has 29 nitrogen and oxygen atoms in total. The molecule has 4 aliphatic rings. The Balaban J connectivity index is 0.969. The molecule has 0 aliphatic carbocycles. The van der Waals surface area contributed by atoms with E-state index < -0.39 is 196 Å². The molecule has 0 unspecified atom stereocenters. The van der Waals surface area contributed by atoms with E-state index in [0.717, 1.165) is 32.1 Å². The second kappa shape index (κ2) is 49.8. The molecule has 4 fully saturated rings. The predicted octanol–water partition coefficient (Wildman–Crippen LogP) is 19.6. The van der Waals surface area contributed by atoms with E-state index in [0.29, 0.717) is 6.42 Å². The van der Waals surface area contributed by atoms with Crippen LogP contribution in [0.25, 0.3) is 10.4 Å². The van der Waals surface area contributed by atoms with Gasteiger partial charge in [0.2, 0.25) is 0 Å². The van der Waals surface area contributed by atoms with Crippen LogP contribution in [0.15, 0.2) is 290 Å². The normalized spacial score (nSPS) is 22.8. The number of esters is 9. The Hall–Kier alpha value is -12.8. The fraction of sp³-hybridized carbons (Fsp3) is 0.393. The Kier molecular flexibility index (Phi) is 36.9. The Labute approximate surface area is 798 Å². The zero-order chi connectivity index (χ0) is 96.7. The molecule has 4 aliphatic heterocycles. The summed E-state index contributed by atoms with van der Waals surface area (Å²) in [5, 5.41) is 2.70. The number of rotatable bonds is 42. The average Bonchev–Trinajstić information content (AvgIpc) is 0.721. The van der Waals surface area contributed by atoms with Crippen LogP contribution in [0.4, 0.5) is 0 Å². The molecule has 30 heteroatoms. The summed E-state index contributed by atoms with van der Waals surface area (Å²) in [6, 6.07) is 68.5. The van der Waals surface area contributed by atoms with Gasteiger partial charge < -0.3 is 79.9 Å². The van der Waals surface area contributed by atoms with Crippen LogP contribution in [-0.2, 0) is 79.9 Å². The summed E-state index contributed by atoms with van der Waals surface area (Å²) < 4.78 is 117. The van der Waals surface area contributed by atoms with Gasteiger partial charge in [-0.3, -0.25) is 0 Å². The lowest BCUT2D eigenvalue weighted by atomic mass is 9.95. The van der Waals surface area contributed by atoms with Crippen molar-refractivity contribution in [3.8, 4) is 0 Å². The number of carbonyl (C=O) groups is 9. The van der Waals surface area contributed by atoms with E-state index in [1.54, 1.807) is 182 Å². The van der Waals surface area contributed by atoms with E-state index in [2.05, 4.69) is 16.9 Å². The number of nitrogens with zero attached hydrogens (tertiary/aromatic N) is 3. The molecule has 0 aromatic heterocycles. The van der Waals surface area contributed by atoms with Gasteiger partial charge in [-0.25, -0.2) is 43.2 Å². The highest BCUT2D eigenvalue weighted by Crippen LogP contribution is 2.56. The van der Waals surface area contributed by atoms with E-state index >= 15 is 28.8 Å². The van der Waals surface area contributed by atoms with Crippen molar-refractivity contribution in [2.24, 2.45) is 5.11 Å². The molecular formula is C107H117N3O26Si. The molecule has 4 saturated heterocycles. The number of hydrogen-bond donors (Lipinski definition) is 0. The summed E-state index contributed by atoms with van der Waals surface area (Å²) in [5.41, 5.74) is 10.5. The fourth-order valence-electron chi connectivity index (χ4n) is 17.1. The molecule has 720 valence electrons. The van der Waals surface area contributed by atoms with Crippen LogP contribution in [0.2, 0.25) is 10.1 Å². The summed E-state index contributed by atoms with van der Waals surface area (Å²) in [7, 11) is -3.67. The number of allylic oxidation sites excluding steroid dienone is 1. The molecule has 0 radical (unpaired) electrons. The maximum absolute atomic E-state index is 15.8. The Morgan fingerprint density at radius 1 is 0.380 bits per heavy atom. The SMILES string of the molecule is CCCCCCCCCCCCC/C=C/[C@@H](OC(=O)c1ccccc1)[C@H](CO[C@@H]1O[C@H](COC(=O)c2ccccc2)[C@@H](O[C@@H]2O[C@H](COC(=O)c3ccccc3)[C@H](O[C@H]3O[C@@H]4CO[Si](C(C)(C)C)(C(C)(C)C)O[C@@H]4[C@H](OC(=O)c4ccccc4)[C@H]3OC(=O)c3ccccc3)[C@H](OC(=O)c3ccccc3)[C@H]2OC(=O)c2ccccc2)[C@H](OC(=O)c2ccccc2)[C@H]1OC(=O)c1ccccc1)N=[N+]=[N-]. The standard InChI is InChI=1S/C107H117N3O26Si/c1-8-9-10-11-12-13-14-15-16-17-18-19-47-66-81(124-96(113)73-52-33-22-34-53-73)80(109-110-108)67-122-103-91(131-100(117)77-60-41-26-42-61-77)88(128-97(114)74-54-35-23-36-55-74)85(82(125-103)68-120-94(111)71-48-29-20-30-49-71)134-104-92(132-101(118)78-62-43-27-44-63-78)89(129-98(115)75-56-37-24-38-57-75)86(83(126-104)69-121-95(112)72-50-31-21-32-51-72)135-105-93(133-102(119)79-64-45-28-46-65-79)90(130-99(116)76-58-39-25-40-59-76)87-84(127-105)70-123-137(136-87,106(2,3)4)107(5,6)7/h20-66,80-93,103-105H,8-19,67-70H2,1-7H3/b66-47+/t80-,81+,82+,83+,84+,85+,86-,87-,88-,89-,90-,91+,92+,93+,103+,104-,105+/m0/s1. The smallest absolute Gasteiger partial charge is 0.349 e. The van der Waals surface area contributed by atoms with Crippen LogP contribution in [-0.4, -0.2) is 193 Å². The lowest BCUT2D eigenvalue weighted by molar-refractivity contribution is -0.377. The molecule has 17 atom stereocenters. The number of hydrogen-bond acceptors (Lipinski definition) is 27. The summed E-state index contributed by atoms with van der Waals surface area (Å²) in [5.74, 6) is -9.04. The number of ether oxygens (including phenoxy) is 15. The van der Waals surface area contributed by atoms with Gasteiger partial charge in [-0.05, 0) is 134 Å². The van der Waals surface area contributed by atoms with E-state index in [-0.39, 0.29) is 56.7 Å². The van der Waals surface area contributed by atoms with Crippen molar-refractivity contribution < 1.29 is 123 Å². The van der Waals surface area contributed by atoms with Gasteiger partial charge in [0.05, 0.1) is 63.3 Å². The summed E-state index contributed by atoms with van der Waals surface area (Å²) >= 11 is 0. The largest absolute Gasteiger partial charge is 0.459 e. The Morgan fingerprint density at radius 2 is 0.679 bits per heavy atom. The first-order chi connectivity index (χ1) is 66.4. The molecule has 9 aromatic carbocycles. The molecule has 9 aromatic rings. The quantitative estimate of drug-likeness (QED) is 0.00501. The molecular weight excluding hydrogens is 1770 g/mol. The fourth-order valence-corrected chi connectivity index (χ4v) is 22.1. The van der Waals surface area contributed by atoms with E-state index in [4.69, 9.17) is 79.9 Å². The van der Waals surface area contributed by atoms with Crippen LogP contribution in [0, 0.1) is 0 Å². The molecule has 0 saturated carbocycles. The van der Waals surface area contributed by atoms with Crippen molar-refractivity contribution >= 4 is 62.3 Å². The van der Waals surface area contributed by atoms with Crippen LogP contribution < -0.4 is 0 Å². The van der Waals surface area contributed by atoms with Crippen LogP contribution in [0.1, 0.15) is 219 Å². The minimum atomic E-state index is -3.67. The third-order valence-corrected chi connectivity index (χ3v) is 29.1. The lowest BCUT2D eigenvalue weighted by Gasteiger charge is -2.58. The first-order valence-electron chi connectivity index (χ1n) is 46.6. The third kappa shape index (κ3) is 27.3. The van der Waals surface area contributed by atoms with Crippen molar-refractivity contribution in [1.29, 1.82) is 0 Å². The summed E-state index contributed by atoms with van der Waals surface area (Å²) in [4.78, 5) is 140. The highest BCUT2D eigenvalue weighted by Gasteiger charge is 2.67. The highest BCUT2D eigenvalue weighted by molar-refractivity contribution is 6.73. The Morgan fingerprint density at radius 3 is 1.03 bits per heavy atom. The van der Waals surface area contributed by atoms with Crippen LogP contribution in [0.5, 0.6) is 0 Å². The van der Waals surface area contributed by atoms with Gasteiger partial charge in [0.25, 0.3) is 0 Å². The summed E-state index contributed by atoms with van der Waals surface area (Å²) in [6.07, 6.45) is -14.7. The van der Waals surface area contributed by atoms with Gasteiger partial charge in [-0.2, -0.15) is 0 Å². The monoisotopic (exact) mass is 1890 g/mol. The van der Waals surface area contributed by atoms with Gasteiger partial charge in [0.15, 0.2) is 55.5 Å². The molecule has 4 heterocycles. The molecule has 0 N–H and O–H groups in total. The van der Waals surface area contributed by atoms with Crippen molar-refractivity contribution in [1.82, 2.24) is 0 Å². The van der Waals surface area contributed by atoms with Gasteiger partial charge >= 0.3 is 62.3 Å². The number of fused-ring (bicyclic) bond motifs is 1. The Bertz CT molecular complexity index is 5460. The van der Waals surface area contributed by atoms with Crippen molar-refractivity contribution in [2.75, 3.05) is 26.4 Å². The van der Waals surface area contributed by atoms with Crippen LogP contribution in [0.3, 0.4) is 0 Å². The minimum Gasteiger partial charge on any atom is -0.459 e. The minimum absolute atomic E-state index is 0.0138. The second-order valence-corrected chi connectivity index (χ2v) is 40.5. The molecule has 0 bridgehead atoms. The van der Waals surface area contributed by atoms with Crippen molar-refractivity contribution in [3.05, 3.63) is 346 Å². The molecule has 137 heavy (non-hydrogen) atoms. The van der Waals surface area contributed by atoms with Gasteiger partial charge in [0.1, 0.15) is 62.0 Å². The summed E-state index contributed by atoms with van der Waals surface area (Å²) in [6.45, 7) is 11.2. The first-order valence-corrected chi connectivity index (χ1v) is 48.4. The maximum Gasteiger partial charge on any atom is 0.349 e. The van der Waals surface area contributed by atoms with Crippen molar-refractivity contribution in [3.63, 3.8) is 0 Å². The topological polar surface area (TPSA) is 359 Å². The number of azide groups is 1. The highest BCUT2D eigenvalue weighted by atomic mass is 28.4. The molecule has 0 amide bonds. The maximum atomic E-state index is 15.8. The number of unbranched alkanes of at least 4 members (excludes halogenated alkanes) is 11. The number of benzene rings is 9. The zero-order valence-electron chi connectivity index (χ0n) is 77.7.